The van der Waals surface area contributed by atoms with E-state index < -0.39 is 0 Å². The van der Waals surface area contributed by atoms with Gasteiger partial charge in [0.25, 0.3) is 0 Å². The molecule has 0 aliphatic rings. The molecule has 19 heavy (non-hydrogen) atoms. The molecule has 2 N–H and O–H groups in total. The number of nitrogen functional groups attached to an aromatic ring is 1. The van der Waals surface area contributed by atoms with Crippen molar-refractivity contribution in [1.29, 1.82) is 5.26 Å². The first-order chi connectivity index (χ1) is 9.24. The Balaban J connectivity index is 2.44. The Labute approximate surface area is 113 Å². The second-order valence-corrected chi connectivity index (χ2v) is 4.26. The van der Waals surface area contributed by atoms with E-state index >= 15 is 0 Å². The number of benzene rings is 1. The predicted molar refractivity (Wildman–Crippen MR) is 77.1 cm³/mol. The molecule has 1 heterocycles. The molecule has 0 atom stereocenters. The molecule has 0 aliphatic carbocycles. The highest BCUT2D eigenvalue weighted by atomic mass is 15.2. The van der Waals surface area contributed by atoms with Gasteiger partial charge >= 0.3 is 0 Å². The van der Waals surface area contributed by atoms with Crippen molar-refractivity contribution >= 4 is 17.2 Å². The SMILES string of the molecule is Cc1ccnc(N(CCC#N)c2ccccc2)c1N. The van der Waals surface area contributed by atoms with Gasteiger partial charge in [0.1, 0.15) is 0 Å². The predicted octanol–water partition coefficient (Wildman–Crippen LogP) is 3.02. The van der Waals surface area contributed by atoms with Gasteiger partial charge < -0.3 is 10.6 Å². The number of hydrogen-bond acceptors (Lipinski definition) is 4. The van der Waals surface area contributed by atoms with Gasteiger partial charge in [-0.25, -0.2) is 4.98 Å². The van der Waals surface area contributed by atoms with Crippen LogP contribution in [0, 0.1) is 18.3 Å². The molecule has 0 amide bonds. The summed E-state index contributed by atoms with van der Waals surface area (Å²) in [5, 5.41) is 8.80. The zero-order valence-corrected chi connectivity index (χ0v) is 10.9. The van der Waals surface area contributed by atoms with Gasteiger partial charge in [-0.15, -0.1) is 0 Å². The highest BCUT2D eigenvalue weighted by Gasteiger charge is 2.14. The Morgan fingerprint density at radius 1 is 1.26 bits per heavy atom. The Morgan fingerprint density at radius 2 is 2.00 bits per heavy atom. The maximum absolute atomic E-state index is 8.80. The standard InChI is InChI=1S/C15H16N4/c1-12-8-10-18-15(14(12)17)19(11-5-9-16)13-6-3-2-4-7-13/h2-4,6-8,10H,5,11,17H2,1H3. The number of aromatic nitrogens is 1. The molecule has 1 aromatic carbocycles. The van der Waals surface area contributed by atoms with E-state index in [4.69, 9.17) is 11.0 Å². The van der Waals surface area contributed by atoms with Crippen molar-refractivity contribution in [3.63, 3.8) is 0 Å². The largest absolute Gasteiger partial charge is 0.396 e. The number of rotatable bonds is 4. The third kappa shape index (κ3) is 2.83. The molecular weight excluding hydrogens is 236 g/mol. The molecule has 0 saturated carbocycles. The van der Waals surface area contributed by atoms with Gasteiger partial charge in [-0.1, -0.05) is 18.2 Å². The Morgan fingerprint density at radius 3 is 2.68 bits per heavy atom. The highest BCUT2D eigenvalue weighted by molar-refractivity contribution is 5.73. The molecule has 0 fully saturated rings. The monoisotopic (exact) mass is 252 g/mol. The van der Waals surface area contributed by atoms with Gasteiger partial charge in [-0.05, 0) is 30.7 Å². The number of aryl methyl sites for hydroxylation is 1. The molecule has 4 nitrogen and oxygen atoms in total. The summed E-state index contributed by atoms with van der Waals surface area (Å²) in [4.78, 5) is 6.34. The minimum Gasteiger partial charge on any atom is -0.396 e. The second kappa shape index (κ2) is 5.87. The lowest BCUT2D eigenvalue weighted by Gasteiger charge is -2.24. The van der Waals surface area contributed by atoms with Crippen LogP contribution in [0.2, 0.25) is 0 Å². The minimum atomic E-state index is 0.421. The number of nitriles is 1. The molecule has 0 spiro atoms. The molecule has 0 unspecified atom stereocenters. The van der Waals surface area contributed by atoms with Crippen molar-refractivity contribution in [1.82, 2.24) is 4.98 Å². The lowest BCUT2D eigenvalue weighted by atomic mass is 10.2. The van der Waals surface area contributed by atoms with E-state index in [-0.39, 0.29) is 0 Å². The third-order valence-corrected chi connectivity index (χ3v) is 2.96. The van der Waals surface area contributed by atoms with Crippen LogP contribution in [-0.4, -0.2) is 11.5 Å². The summed E-state index contributed by atoms with van der Waals surface area (Å²) >= 11 is 0. The first kappa shape index (κ1) is 12.9. The topological polar surface area (TPSA) is 65.9 Å². The van der Waals surface area contributed by atoms with Crippen LogP contribution in [0.15, 0.2) is 42.6 Å². The maximum atomic E-state index is 8.80. The van der Waals surface area contributed by atoms with E-state index in [1.54, 1.807) is 6.20 Å². The van der Waals surface area contributed by atoms with Crippen molar-refractivity contribution in [3.05, 3.63) is 48.2 Å². The number of nitrogens with two attached hydrogens (primary N) is 1. The minimum absolute atomic E-state index is 0.421. The Hall–Kier alpha value is -2.54. The Bertz CT molecular complexity index is 587. The van der Waals surface area contributed by atoms with Gasteiger partial charge in [0.15, 0.2) is 5.82 Å². The van der Waals surface area contributed by atoms with E-state index in [1.165, 1.54) is 0 Å². The lowest BCUT2D eigenvalue weighted by Crippen LogP contribution is -2.21. The summed E-state index contributed by atoms with van der Waals surface area (Å²) in [5.41, 5.74) is 8.74. The average Bonchev–Trinajstić information content (AvgIpc) is 2.45. The maximum Gasteiger partial charge on any atom is 0.156 e. The van der Waals surface area contributed by atoms with Crippen molar-refractivity contribution in [3.8, 4) is 6.07 Å². The van der Waals surface area contributed by atoms with Gasteiger partial charge in [0, 0.05) is 18.4 Å². The molecule has 1 aromatic heterocycles. The summed E-state index contributed by atoms with van der Waals surface area (Å²) in [6.07, 6.45) is 2.16. The molecule has 4 heteroatoms. The summed E-state index contributed by atoms with van der Waals surface area (Å²) < 4.78 is 0. The van der Waals surface area contributed by atoms with Gasteiger partial charge in [-0.2, -0.15) is 5.26 Å². The highest BCUT2D eigenvalue weighted by Crippen LogP contribution is 2.29. The first-order valence-electron chi connectivity index (χ1n) is 6.14. The molecular formula is C15H16N4. The number of pyridine rings is 1. The van der Waals surface area contributed by atoms with Crippen LogP contribution in [0.1, 0.15) is 12.0 Å². The molecule has 96 valence electrons. The average molecular weight is 252 g/mol. The van der Waals surface area contributed by atoms with Crippen molar-refractivity contribution in [2.24, 2.45) is 0 Å². The quantitative estimate of drug-likeness (QED) is 0.908. The fourth-order valence-corrected chi connectivity index (χ4v) is 1.90. The molecule has 2 aromatic rings. The van der Waals surface area contributed by atoms with Crippen LogP contribution in [0.4, 0.5) is 17.2 Å². The van der Waals surface area contributed by atoms with E-state index in [1.807, 2.05) is 48.2 Å². The zero-order valence-electron chi connectivity index (χ0n) is 10.9. The summed E-state index contributed by atoms with van der Waals surface area (Å²) in [5.74, 6) is 0.710. The number of hydrogen-bond donors (Lipinski definition) is 1. The van der Waals surface area contributed by atoms with Crippen LogP contribution in [0.3, 0.4) is 0 Å². The zero-order chi connectivity index (χ0) is 13.7. The van der Waals surface area contributed by atoms with E-state index in [0.29, 0.717) is 24.5 Å². The molecule has 2 rings (SSSR count). The molecule has 0 bridgehead atoms. The van der Waals surface area contributed by atoms with Crippen LogP contribution < -0.4 is 10.6 Å². The van der Waals surface area contributed by atoms with E-state index in [9.17, 15) is 0 Å². The van der Waals surface area contributed by atoms with E-state index in [2.05, 4.69) is 11.1 Å². The summed E-state index contributed by atoms with van der Waals surface area (Å²) in [6.45, 7) is 2.52. The van der Waals surface area contributed by atoms with E-state index in [0.717, 1.165) is 11.3 Å². The Kier molecular flexibility index (Phi) is 3.99. The summed E-state index contributed by atoms with van der Waals surface area (Å²) in [7, 11) is 0. The van der Waals surface area contributed by atoms with Crippen molar-refractivity contribution < 1.29 is 0 Å². The normalized spacial score (nSPS) is 9.89. The van der Waals surface area contributed by atoms with Crippen molar-refractivity contribution in [2.75, 3.05) is 17.2 Å². The van der Waals surface area contributed by atoms with Crippen LogP contribution in [-0.2, 0) is 0 Å². The molecule has 0 aliphatic heterocycles. The van der Waals surface area contributed by atoms with Gasteiger partial charge in [-0.3, -0.25) is 0 Å². The first-order valence-corrected chi connectivity index (χ1v) is 6.14. The van der Waals surface area contributed by atoms with Crippen molar-refractivity contribution in [2.45, 2.75) is 13.3 Å². The van der Waals surface area contributed by atoms with Gasteiger partial charge in [0.2, 0.25) is 0 Å². The lowest BCUT2D eigenvalue weighted by molar-refractivity contribution is 0.927. The third-order valence-electron chi connectivity index (χ3n) is 2.96. The summed E-state index contributed by atoms with van der Waals surface area (Å²) in [6, 6.07) is 13.9. The van der Waals surface area contributed by atoms with Crippen LogP contribution in [0.5, 0.6) is 0 Å². The molecule has 0 radical (unpaired) electrons. The van der Waals surface area contributed by atoms with Gasteiger partial charge in [0.05, 0.1) is 18.2 Å². The fourth-order valence-electron chi connectivity index (χ4n) is 1.90. The van der Waals surface area contributed by atoms with Crippen LogP contribution in [0.25, 0.3) is 0 Å². The smallest absolute Gasteiger partial charge is 0.156 e. The number of nitrogens with zero attached hydrogens (tertiary/aromatic N) is 3. The second-order valence-electron chi connectivity index (χ2n) is 4.26. The fraction of sp³-hybridized carbons (Fsp3) is 0.200. The number of anilines is 3. The number of para-hydroxylation sites is 1. The van der Waals surface area contributed by atoms with Crippen LogP contribution >= 0.6 is 0 Å². The molecule has 0 saturated heterocycles.